The van der Waals surface area contributed by atoms with Crippen molar-refractivity contribution in [2.24, 2.45) is 5.73 Å². The number of imidazole rings is 1. The standard InChI is InChI=1S/C12H16BrN3/c1-3-9(14)12-15-10-7-8(13)5-6-11(10)16(12)4-2/h5-7,9H,3-4,14H2,1-2H3. The smallest absolute Gasteiger partial charge is 0.126 e. The van der Waals surface area contributed by atoms with Crippen LogP contribution in [-0.2, 0) is 6.54 Å². The molecule has 1 atom stereocenters. The topological polar surface area (TPSA) is 43.8 Å². The first-order valence-electron chi connectivity index (χ1n) is 5.58. The van der Waals surface area contributed by atoms with Gasteiger partial charge in [-0.25, -0.2) is 4.98 Å². The summed E-state index contributed by atoms with van der Waals surface area (Å²) in [4.78, 5) is 4.62. The van der Waals surface area contributed by atoms with Crippen molar-refractivity contribution in [2.75, 3.05) is 0 Å². The fourth-order valence-corrected chi connectivity index (χ4v) is 2.27. The van der Waals surface area contributed by atoms with Gasteiger partial charge in [-0.1, -0.05) is 22.9 Å². The molecule has 1 heterocycles. The summed E-state index contributed by atoms with van der Waals surface area (Å²) in [6, 6.07) is 6.18. The van der Waals surface area contributed by atoms with Gasteiger partial charge in [0.1, 0.15) is 5.82 Å². The molecule has 2 aromatic rings. The third kappa shape index (κ3) is 1.87. The van der Waals surface area contributed by atoms with Gasteiger partial charge in [-0.2, -0.15) is 0 Å². The first-order valence-corrected chi connectivity index (χ1v) is 6.38. The Kier molecular flexibility index (Phi) is 3.30. The Bertz CT molecular complexity index is 504. The van der Waals surface area contributed by atoms with E-state index in [-0.39, 0.29) is 6.04 Å². The van der Waals surface area contributed by atoms with E-state index >= 15 is 0 Å². The molecule has 0 fully saturated rings. The number of aryl methyl sites for hydroxylation is 1. The molecule has 0 aliphatic rings. The van der Waals surface area contributed by atoms with Gasteiger partial charge < -0.3 is 10.3 Å². The van der Waals surface area contributed by atoms with E-state index in [0.717, 1.165) is 34.3 Å². The zero-order valence-electron chi connectivity index (χ0n) is 9.57. The first kappa shape index (κ1) is 11.6. The fraction of sp³-hybridized carbons (Fsp3) is 0.417. The Morgan fingerprint density at radius 2 is 2.19 bits per heavy atom. The van der Waals surface area contributed by atoms with Crippen molar-refractivity contribution in [1.82, 2.24) is 9.55 Å². The van der Waals surface area contributed by atoms with Crippen molar-refractivity contribution in [3.63, 3.8) is 0 Å². The van der Waals surface area contributed by atoms with Gasteiger partial charge in [-0.05, 0) is 31.5 Å². The van der Waals surface area contributed by atoms with Gasteiger partial charge in [-0.15, -0.1) is 0 Å². The van der Waals surface area contributed by atoms with Crippen LogP contribution in [0.3, 0.4) is 0 Å². The average molecular weight is 282 g/mol. The molecule has 1 aromatic heterocycles. The predicted molar refractivity (Wildman–Crippen MR) is 70.3 cm³/mol. The molecular formula is C12H16BrN3. The molecule has 2 N–H and O–H groups in total. The molecule has 1 aromatic carbocycles. The van der Waals surface area contributed by atoms with Crippen molar-refractivity contribution < 1.29 is 0 Å². The molecule has 4 heteroatoms. The Morgan fingerprint density at radius 3 is 2.81 bits per heavy atom. The van der Waals surface area contributed by atoms with E-state index in [1.165, 1.54) is 0 Å². The number of nitrogens with two attached hydrogens (primary N) is 1. The summed E-state index contributed by atoms with van der Waals surface area (Å²) in [7, 11) is 0. The molecule has 0 saturated carbocycles. The normalized spacial score (nSPS) is 13.2. The Morgan fingerprint density at radius 1 is 1.44 bits per heavy atom. The van der Waals surface area contributed by atoms with Gasteiger partial charge in [0.05, 0.1) is 17.1 Å². The van der Waals surface area contributed by atoms with Crippen LogP contribution in [0.4, 0.5) is 0 Å². The zero-order chi connectivity index (χ0) is 11.7. The minimum absolute atomic E-state index is 0.0196. The Balaban J connectivity index is 2.65. The summed E-state index contributed by atoms with van der Waals surface area (Å²) < 4.78 is 3.24. The van der Waals surface area contributed by atoms with Gasteiger partial charge in [0.25, 0.3) is 0 Å². The van der Waals surface area contributed by atoms with E-state index in [9.17, 15) is 0 Å². The van der Waals surface area contributed by atoms with Crippen molar-refractivity contribution in [1.29, 1.82) is 0 Å². The number of aromatic nitrogens is 2. The summed E-state index contributed by atoms with van der Waals surface area (Å²) in [5.74, 6) is 0.984. The zero-order valence-corrected chi connectivity index (χ0v) is 11.2. The second kappa shape index (κ2) is 4.55. The van der Waals surface area contributed by atoms with Crippen LogP contribution in [-0.4, -0.2) is 9.55 Å². The Labute approximate surface area is 104 Å². The molecule has 0 radical (unpaired) electrons. The number of rotatable bonds is 3. The van der Waals surface area contributed by atoms with E-state index in [1.807, 2.05) is 12.1 Å². The number of benzene rings is 1. The highest BCUT2D eigenvalue weighted by molar-refractivity contribution is 9.10. The lowest BCUT2D eigenvalue weighted by atomic mass is 10.2. The molecule has 0 spiro atoms. The summed E-state index contributed by atoms with van der Waals surface area (Å²) >= 11 is 3.46. The van der Waals surface area contributed by atoms with Crippen LogP contribution >= 0.6 is 15.9 Å². The summed E-state index contributed by atoms with van der Waals surface area (Å²) in [6.07, 6.45) is 0.907. The SMILES string of the molecule is CCC(N)c1nc2cc(Br)ccc2n1CC. The second-order valence-corrected chi connectivity index (χ2v) is 4.78. The van der Waals surface area contributed by atoms with Crippen molar-refractivity contribution in [3.05, 3.63) is 28.5 Å². The fourth-order valence-electron chi connectivity index (χ4n) is 1.92. The molecule has 86 valence electrons. The van der Waals surface area contributed by atoms with Gasteiger partial charge in [0, 0.05) is 11.0 Å². The summed E-state index contributed by atoms with van der Waals surface area (Å²) in [5, 5.41) is 0. The highest BCUT2D eigenvalue weighted by Gasteiger charge is 2.14. The number of hydrogen-bond donors (Lipinski definition) is 1. The molecule has 1 unspecified atom stereocenters. The van der Waals surface area contributed by atoms with Crippen molar-refractivity contribution in [2.45, 2.75) is 32.9 Å². The number of nitrogens with zero attached hydrogens (tertiary/aromatic N) is 2. The molecular weight excluding hydrogens is 266 g/mol. The van der Waals surface area contributed by atoms with Gasteiger partial charge >= 0.3 is 0 Å². The lowest BCUT2D eigenvalue weighted by Crippen LogP contribution is -2.15. The summed E-state index contributed by atoms with van der Waals surface area (Å²) in [5.41, 5.74) is 8.24. The minimum Gasteiger partial charge on any atom is -0.327 e. The maximum Gasteiger partial charge on any atom is 0.126 e. The largest absolute Gasteiger partial charge is 0.327 e. The van der Waals surface area contributed by atoms with E-state index in [4.69, 9.17) is 5.73 Å². The van der Waals surface area contributed by atoms with Crippen molar-refractivity contribution >= 4 is 27.0 Å². The van der Waals surface area contributed by atoms with Crippen LogP contribution < -0.4 is 5.73 Å². The molecule has 0 saturated heterocycles. The average Bonchev–Trinajstić information content (AvgIpc) is 2.65. The van der Waals surface area contributed by atoms with E-state index in [2.05, 4.69) is 45.4 Å². The number of hydrogen-bond acceptors (Lipinski definition) is 2. The van der Waals surface area contributed by atoms with Crippen LogP contribution in [0, 0.1) is 0 Å². The molecule has 16 heavy (non-hydrogen) atoms. The van der Waals surface area contributed by atoms with Gasteiger partial charge in [0.2, 0.25) is 0 Å². The lowest BCUT2D eigenvalue weighted by molar-refractivity contribution is 0.597. The van der Waals surface area contributed by atoms with Gasteiger partial charge in [0.15, 0.2) is 0 Å². The van der Waals surface area contributed by atoms with E-state index in [1.54, 1.807) is 0 Å². The first-order chi connectivity index (χ1) is 7.67. The highest BCUT2D eigenvalue weighted by Crippen LogP contribution is 2.24. The molecule has 0 aliphatic heterocycles. The maximum atomic E-state index is 6.08. The van der Waals surface area contributed by atoms with E-state index in [0.29, 0.717) is 0 Å². The monoisotopic (exact) mass is 281 g/mol. The molecule has 3 nitrogen and oxygen atoms in total. The maximum absolute atomic E-state index is 6.08. The third-order valence-electron chi connectivity index (χ3n) is 2.83. The molecule has 0 bridgehead atoms. The molecule has 2 rings (SSSR count). The van der Waals surface area contributed by atoms with Crippen LogP contribution in [0.1, 0.15) is 32.1 Å². The lowest BCUT2D eigenvalue weighted by Gasteiger charge is -2.10. The van der Waals surface area contributed by atoms with Crippen LogP contribution in [0.5, 0.6) is 0 Å². The van der Waals surface area contributed by atoms with Crippen LogP contribution in [0.15, 0.2) is 22.7 Å². The Hall–Kier alpha value is -0.870. The van der Waals surface area contributed by atoms with Crippen molar-refractivity contribution in [3.8, 4) is 0 Å². The van der Waals surface area contributed by atoms with Gasteiger partial charge in [-0.3, -0.25) is 0 Å². The number of halogens is 1. The summed E-state index contributed by atoms with van der Waals surface area (Å²) in [6.45, 7) is 5.11. The van der Waals surface area contributed by atoms with Crippen LogP contribution in [0.25, 0.3) is 11.0 Å². The van der Waals surface area contributed by atoms with E-state index < -0.39 is 0 Å². The minimum atomic E-state index is 0.0196. The molecule has 0 aliphatic carbocycles. The highest BCUT2D eigenvalue weighted by atomic mass is 79.9. The van der Waals surface area contributed by atoms with Crippen LogP contribution in [0.2, 0.25) is 0 Å². The second-order valence-electron chi connectivity index (χ2n) is 3.86. The number of fused-ring (bicyclic) bond motifs is 1. The molecule has 0 amide bonds. The quantitative estimate of drug-likeness (QED) is 0.939. The predicted octanol–water partition coefficient (Wildman–Crippen LogP) is 3.23. The third-order valence-corrected chi connectivity index (χ3v) is 3.32.